The lowest BCUT2D eigenvalue weighted by atomic mass is 10.2. The minimum atomic E-state index is -4.19. The molecule has 8 nitrogen and oxygen atoms in total. The molecule has 1 amide bonds. The molecule has 1 fully saturated rings. The Hall–Kier alpha value is -2.47. The number of ether oxygens (including phenoxy) is 1. The predicted molar refractivity (Wildman–Crippen MR) is 142 cm³/mol. The molecule has 3 aromatic rings. The molecule has 0 unspecified atom stereocenters. The lowest BCUT2D eigenvalue weighted by Crippen LogP contribution is -2.47. The minimum absolute atomic E-state index is 0.0111. The zero-order valence-electron chi connectivity index (χ0n) is 20.6. The summed E-state index contributed by atoms with van der Waals surface area (Å²) < 4.78 is 52.9. The predicted octanol–water partition coefficient (Wildman–Crippen LogP) is 4.28. The Labute approximate surface area is 231 Å². The molecule has 1 saturated heterocycles. The van der Waals surface area contributed by atoms with Crippen LogP contribution in [0.5, 0.6) is 0 Å². The smallest absolute Gasteiger partial charge is 0.245 e. The van der Waals surface area contributed by atoms with Gasteiger partial charge in [-0.3, -0.25) is 9.69 Å². The standard InChI is InChI=1S/C26H28Cl2FN3O5S/c27-21-5-8-24(28)25(16-21)38(34,35)32(10-9-30-11-14-36-15-12-30)19-26(33)31(18-23-2-1-13-37-23)17-20-3-6-22(29)7-4-20/h1-8,13,16H,9-12,14-15,17-19H2. The molecule has 0 atom stereocenters. The Kier molecular flexibility index (Phi) is 9.80. The molecule has 1 aromatic heterocycles. The molecule has 38 heavy (non-hydrogen) atoms. The lowest BCUT2D eigenvalue weighted by molar-refractivity contribution is -0.133. The fraction of sp³-hybridized carbons (Fsp3) is 0.346. The Morgan fingerprint density at radius 1 is 1.03 bits per heavy atom. The second kappa shape index (κ2) is 13.1. The summed E-state index contributed by atoms with van der Waals surface area (Å²) in [6.07, 6.45) is 1.50. The molecule has 0 aliphatic carbocycles. The summed E-state index contributed by atoms with van der Waals surface area (Å²) in [5, 5.41) is 0.222. The van der Waals surface area contributed by atoms with Crippen LogP contribution in [0.25, 0.3) is 0 Å². The first-order valence-corrected chi connectivity index (χ1v) is 14.2. The van der Waals surface area contributed by atoms with E-state index in [9.17, 15) is 17.6 Å². The van der Waals surface area contributed by atoms with Crippen LogP contribution in [0.2, 0.25) is 10.0 Å². The van der Waals surface area contributed by atoms with E-state index in [1.165, 1.54) is 41.5 Å². The van der Waals surface area contributed by atoms with E-state index >= 15 is 0 Å². The maximum absolute atomic E-state index is 13.8. The minimum Gasteiger partial charge on any atom is -0.467 e. The van der Waals surface area contributed by atoms with Gasteiger partial charge >= 0.3 is 0 Å². The average Bonchev–Trinajstić information content (AvgIpc) is 3.42. The molecule has 0 bridgehead atoms. The maximum atomic E-state index is 13.8. The molecule has 0 spiro atoms. The van der Waals surface area contributed by atoms with Gasteiger partial charge in [0.15, 0.2) is 0 Å². The van der Waals surface area contributed by atoms with Crippen LogP contribution in [-0.2, 0) is 32.6 Å². The van der Waals surface area contributed by atoms with Gasteiger partial charge in [0.05, 0.1) is 37.6 Å². The van der Waals surface area contributed by atoms with Crippen LogP contribution in [-0.4, -0.2) is 74.4 Å². The molecule has 12 heteroatoms. The molecule has 4 rings (SSSR count). The fourth-order valence-corrected chi connectivity index (χ4v) is 6.18. The number of sulfonamides is 1. The Morgan fingerprint density at radius 3 is 2.45 bits per heavy atom. The van der Waals surface area contributed by atoms with Gasteiger partial charge in [-0.1, -0.05) is 35.3 Å². The van der Waals surface area contributed by atoms with E-state index in [2.05, 4.69) is 4.90 Å². The molecular weight excluding hydrogens is 556 g/mol. The lowest BCUT2D eigenvalue weighted by Gasteiger charge is -2.31. The van der Waals surface area contributed by atoms with Crippen molar-refractivity contribution >= 4 is 39.1 Å². The number of furan rings is 1. The SMILES string of the molecule is O=C(CN(CCN1CCOCC1)S(=O)(=O)c1cc(Cl)ccc1Cl)N(Cc1ccc(F)cc1)Cc1ccco1. The average molecular weight is 584 g/mol. The van der Waals surface area contributed by atoms with Crippen LogP contribution in [0.3, 0.4) is 0 Å². The van der Waals surface area contributed by atoms with E-state index in [1.807, 2.05) is 0 Å². The van der Waals surface area contributed by atoms with E-state index in [0.29, 0.717) is 44.2 Å². The van der Waals surface area contributed by atoms with Gasteiger partial charge in [-0.15, -0.1) is 0 Å². The first-order valence-electron chi connectivity index (χ1n) is 12.0. The largest absolute Gasteiger partial charge is 0.467 e. The summed E-state index contributed by atoms with van der Waals surface area (Å²) in [4.78, 5) is 17.0. The molecule has 1 aliphatic rings. The van der Waals surface area contributed by atoms with Crippen molar-refractivity contribution in [2.45, 2.75) is 18.0 Å². The zero-order chi connectivity index (χ0) is 27.1. The van der Waals surface area contributed by atoms with E-state index < -0.39 is 28.3 Å². The number of benzene rings is 2. The molecule has 1 aliphatic heterocycles. The van der Waals surface area contributed by atoms with Crippen molar-refractivity contribution in [3.8, 4) is 0 Å². The van der Waals surface area contributed by atoms with E-state index in [4.69, 9.17) is 32.4 Å². The van der Waals surface area contributed by atoms with Crippen molar-refractivity contribution in [2.75, 3.05) is 45.9 Å². The fourth-order valence-electron chi connectivity index (χ4n) is 4.06. The highest BCUT2D eigenvalue weighted by molar-refractivity contribution is 7.89. The number of nitrogens with zero attached hydrogens (tertiary/aromatic N) is 3. The van der Waals surface area contributed by atoms with Crippen molar-refractivity contribution in [3.63, 3.8) is 0 Å². The van der Waals surface area contributed by atoms with E-state index in [1.54, 1.807) is 24.3 Å². The number of hydrogen-bond acceptors (Lipinski definition) is 6. The summed E-state index contributed by atoms with van der Waals surface area (Å²) in [6, 6.07) is 13.4. The van der Waals surface area contributed by atoms with Crippen LogP contribution in [0.15, 0.2) is 70.2 Å². The third-order valence-corrected chi connectivity index (χ3v) is 8.72. The van der Waals surface area contributed by atoms with Gasteiger partial charge in [0.25, 0.3) is 0 Å². The first-order chi connectivity index (χ1) is 18.2. The number of rotatable bonds is 11. The summed E-state index contributed by atoms with van der Waals surface area (Å²) >= 11 is 12.3. The Morgan fingerprint density at radius 2 is 1.76 bits per heavy atom. The van der Waals surface area contributed by atoms with Gasteiger partial charge in [0.1, 0.15) is 16.5 Å². The quantitative estimate of drug-likeness (QED) is 0.335. The van der Waals surface area contributed by atoms with Crippen LogP contribution in [0.4, 0.5) is 4.39 Å². The van der Waals surface area contributed by atoms with Gasteiger partial charge in [0, 0.05) is 37.7 Å². The monoisotopic (exact) mass is 583 g/mol. The number of carbonyl (C=O) groups excluding carboxylic acids is 1. The van der Waals surface area contributed by atoms with Gasteiger partial charge in [-0.05, 0) is 48.0 Å². The molecule has 2 aromatic carbocycles. The van der Waals surface area contributed by atoms with Crippen molar-refractivity contribution in [1.29, 1.82) is 0 Å². The van der Waals surface area contributed by atoms with E-state index in [0.717, 1.165) is 4.31 Å². The number of halogens is 3. The summed E-state index contributed by atoms with van der Waals surface area (Å²) in [6.45, 7) is 2.71. The normalized spacial score (nSPS) is 14.6. The van der Waals surface area contributed by atoms with Gasteiger partial charge < -0.3 is 14.1 Å². The third kappa shape index (κ3) is 7.56. The second-order valence-electron chi connectivity index (χ2n) is 8.82. The topological polar surface area (TPSA) is 83.3 Å². The first kappa shape index (κ1) is 28.5. The highest BCUT2D eigenvalue weighted by Crippen LogP contribution is 2.28. The second-order valence-corrected chi connectivity index (χ2v) is 11.6. The van der Waals surface area contributed by atoms with Crippen LogP contribution >= 0.6 is 23.2 Å². The number of hydrogen-bond donors (Lipinski definition) is 0. The highest BCUT2D eigenvalue weighted by atomic mass is 35.5. The van der Waals surface area contributed by atoms with Gasteiger partial charge in [-0.25, -0.2) is 12.8 Å². The van der Waals surface area contributed by atoms with Gasteiger partial charge in [0.2, 0.25) is 15.9 Å². The van der Waals surface area contributed by atoms with Crippen molar-refractivity contribution < 1.29 is 26.8 Å². The number of carbonyl (C=O) groups is 1. The number of amides is 1. The summed E-state index contributed by atoms with van der Waals surface area (Å²) in [5.74, 6) is -0.313. The van der Waals surface area contributed by atoms with Crippen molar-refractivity contribution in [1.82, 2.24) is 14.1 Å². The summed E-state index contributed by atoms with van der Waals surface area (Å²) in [7, 11) is -4.19. The molecule has 0 N–H and O–H groups in total. The third-order valence-electron chi connectivity index (χ3n) is 6.16. The maximum Gasteiger partial charge on any atom is 0.245 e. The number of morpholine rings is 1. The molecule has 2 heterocycles. The van der Waals surface area contributed by atoms with Crippen molar-refractivity contribution in [3.05, 3.63) is 88.0 Å². The van der Waals surface area contributed by atoms with Crippen LogP contribution in [0.1, 0.15) is 11.3 Å². The van der Waals surface area contributed by atoms with Crippen molar-refractivity contribution in [2.24, 2.45) is 0 Å². The van der Waals surface area contributed by atoms with Crippen LogP contribution < -0.4 is 0 Å². The molecule has 0 saturated carbocycles. The Bertz CT molecular complexity index is 1320. The van der Waals surface area contributed by atoms with Crippen LogP contribution in [0, 0.1) is 5.82 Å². The zero-order valence-corrected chi connectivity index (χ0v) is 22.9. The molecule has 204 valence electrons. The Balaban J connectivity index is 1.60. The van der Waals surface area contributed by atoms with Gasteiger partial charge in [-0.2, -0.15) is 4.31 Å². The summed E-state index contributed by atoms with van der Waals surface area (Å²) in [5.41, 5.74) is 0.687. The molecular formula is C26H28Cl2FN3O5S. The highest BCUT2D eigenvalue weighted by Gasteiger charge is 2.31. The van der Waals surface area contributed by atoms with E-state index in [-0.39, 0.29) is 34.6 Å². The molecule has 0 radical (unpaired) electrons.